The maximum Gasteiger partial charge on any atom is 0.244 e. The van der Waals surface area contributed by atoms with Crippen LogP contribution in [0.15, 0.2) is 4.99 Å². The van der Waals surface area contributed by atoms with Crippen LogP contribution in [-0.4, -0.2) is 42.4 Å². The molecule has 0 aromatic heterocycles. The number of hydrogen-bond acceptors (Lipinski definition) is 3. The molecule has 0 aromatic rings. The lowest BCUT2D eigenvalue weighted by atomic mass is 10.4. The molecule has 1 amide bonds. The van der Waals surface area contributed by atoms with E-state index in [-0.39, 0.29) is 18.5 Å². The molecule has 0 aliphatic carbocycles. The molecule has 1 aliphatic rings. The molecule has 92 valence electrons. The number of likely N-dealkylation sites (tertiary alicyclic amines) is 1. The monoisotopic (exact) mass is 227 g/mol. The zero-order valence-electron chi connectivity index (χ0n) is 9.99. The molecule has 1 fully saturated rings. The van der Waals surface area contributed by atoms with E-state index in [1.165, 1.54) is 0 Å². The van der Waals surface area contributed by atoms with Crippen LogP contribution >= 0.6 is 0 Å². The molecule has 0 saturated carbocycles. The normalized spacial score (nSPS) is 16.8. The summed E-state index contributed by atoms with van der Waals surface area (Å²) in [6.07, 6.45) is 2.20. The molecule has 0 spiro atoms. The van der Waals surface area contributed by atoms with Crippen molar-refractivity contribution in [2.75, 3.05) is 19.6 Å². The molecule has 0 aromatic carbocycles. The zero-order chi connectivity index (χ0) is 12.0. The van der Waals surface area contributed by atoms with E-state index in [0.29, 0.717) is 5.96 Å². The minimum absolute atomic E-state index is 0.0656. The lowest BCUT2D eigenvalue weighted by Crippen LogP contribution is -2.45. The van der Waals surface area contributed by atoms with Gasteiger partial charge in [-0.05, 0) is 26.7 Å². The van der Waals surface area contributed by atoms with Crippen molar-refractivity contribution in [2.24, 2.45) is 10.8 Å². The summed E-state index contributed by atoms with van der Waals surface area (Å²) in [6.45, 7) is 5.83. The smallest absolute Gasteiger partial charge is 0.244 e. The van der Waals surface area contributed by atoms with Crippen LogP contribution in [0.5, 0.6) is 0 Å². The van der Waals surface area contributed by atoms with Crippen molar-refractivity contribution >= 4 is 11.9 Å². The lowest BCUT2D eigenvalue weighted by molar-refractivity contribution is -0.128. The van der Waals surface area contributed by atoms with Crippen molar-refractivity contribution in [3.05, 3.63) is 0 Å². The highest BCUT2D eigenvalue weighted by Gasteiger charge is 2.17. The van der Waals surface area contributed by atoms with Gasteiger partial charge in [0.25, 0.3) is 0 Å². The number of carbonyl (C=O) groups is 1. The number of aliphatic imine (C=N–C) groups is 1. The fourth-order valence-electron chi connectivity index (χ4n) is 1.62. The van der Waals surface area contributed by atoms with Gasteiger partial charge in [0.1, 0.15) is 6.54 Å². The first kappa shape index (κ1) is 12.8. The van der Waals surface area contributed by atoms with Crippen LogP contribution < -0.4 is 16.6 Å². The molecule has 1 rings (SSSR count). The first-order valence-electron chi connectivity index (χ1n) is 5.69. The Morgan fingerprint density at radius 2 is 2.06 bits per heavy atom. The van der Waals surface area contributed by atoms with Gasteiger partial charge in [0.05, 0.1) is 0 Å². The second-order valence-corrected chi connectivity index (χ2v) is 4.20. The number of carbonyl (C=O) groups excluding carboxylic acids is 1. The van der Waals surface area contributed by atoms with Gasteiger partial charge in [-0.15, -0.1) is 0 Å². The summed E-state index contributed by atoms with van der Waals surface area (Å²) < 4.78 is 0. The molecule has 16 heavy (non-hydrogen) atoms. The van der Waals surface area contributed by atoms with E-state index in [2.05, 4.69) is 15.7 Å². The average molecular weight is 227 g/mol. The first-order chi connectivity index (χ1) is 7.63. The Kier molecular flexibility index (Phi) is 5.04. The van der Waals surface area contributed by atoms with Gasteiger partial charge in [-0.25, -0.2) is 10.8 Å². The van der Waals surface area contributed by atoms with E-state index in [1.807, 2.05) is 18.7 Å². The van der Waals surface area contributed by atoms with E-state index in [1.54, 1.807) is 0 Å². The molecule has 0 atom stereocenters. The molecule has 0 unspecified atom stereocenters. The highest BCUT2D eigenvalue weighted by Crippen LogP contribution is 2.07. The third-order valence-corrected chi connectivity index (χ3v) is 2.39. The van der Waals surface area contributed by atoms with Crippen molar-refractivity contribution in [2.45, 2.75) is 32.7 Å². The highest BCUT2D eigenvalue weighted by atomic mass is 16.2. The van der Waals surface area contributed by atoms with Crippen LogP contribution in [0.2, 0.25) is 0 Å². The van der Waals surface area contributed by atoms with Crippen LogP contribution in [0.4, 0.5) is 0 Å². The van der Waals surface area contributed by atoms with Crippen LogP contribution in [0, 0.1) is 0 Å². The third-order valence-electron chi connectivity index (χ3n) is 2.39. The number of rotatable bonds is 3. The summed E-state index contributed by atoms with van der Waals surface area (Å²) in [5.74, 6) is 5.82. The highest BCUT2D eigenvalue weighted by molar-refractivity contribution is 5.84. The summed E-state index contributed by atoms with van der Waals surface area (Å²) in [6, 6.07) is 0.233. The van der Waals surface area contributed by atoms with Gasteiger partial charge in [-0.3, -0.25) is 10.2 Å². The number of nitrogens with one attached hydrogen (secondary N) is 2. The fourth-order valence-corrected chi connectivity index (χ4v) is 1.62. The predicted octanol–water partition coefficient (Wildman–Crippen LogP) is -0.574. The minimum Gasteiger partial charge on any atom is -0.353 e. The van der Waals surface area contributed by atoms with Gasteiger partial charge >= 0.3 is 0 Å². The van der Waals surface area contributed by atoms with Gasteiger partial charge in [0, 0.05) is 19.1 Å². The van der Waals surface area contributed by atoms with Gasteiger partial charge in [-0.1, -0.05) is 0 Å². The molecular formula is C10H21N5O. The van der Waals surface area contributed by atoms with Crippen molar-refractivity contribution < 1.29 is 4.79 Å². The number of nitrogens with two attached hydrogens (primary N) is 1. The second kappa shape index (κ2) is 6.32. The van der Waals surface area contributed by atoms with E-state index in [9.17, 15) is 4.79 Å². The Bertz CT molecular complexity index is 258. The Morgan fingerprint density at radius 3 is 2.56 bits per heavy atom. The SMILES string of the molecule is CC(C)NC(=NCC(=O)N1CCCC1)NN. The maximum absolute atomic E-state index is 11.7. The van der Waals surface area contributed by atoms with E-state index < -0.39 is 0 Å². The van der Waals surface area contributed by atoms with E-state index in [4.69, 9.17) is 5.84 Å². The van der Waals surface area contributed by atoms with Crippen molar-refractivity contribution in [3.8, 4) is 0 Å². The van der Waals surface area contributed by atoms with Gasteiger partial charge in [0.15, 0.2) is 0 Å². The molecule has 1 heterocycles. The minimum atomic E-state index is 0.0656. The van der Waals surface area contributed by atoms with E-state index >= 15 is 0 Å². The Morgan fingerprint density at radius 1 is 1.44 bits per heavy atom. The zero-order valence-corrected chi connectivity index (χ0v) is 9.99. The Labute approximate surface area is 96.2 Å². The van der Waals surface area contributed by atoms with E-state index in [0.717, 1.165) is 25.9 Å². The van der Waals surface area contributed by atoms with Crippen LogP contribution in [0.3, 0.4) is 0 Å². The number of nitrogens with zero attached hydrogens (tertiary/aromatic N) is 2. The van der Waals surface area contributed by atoms with Crippen LogP contribution in [-0.2, 0) is 4.79 Å². The predicted molar refractivity (Wildman–Crippen MR) is 63.7 cm³/mol. The molecule has 1 aliphatic heterocycles. The lowest BCUT2D eigenvalue weighted by Gasteiger charge is -2.15. The molecule has 6 heteroatoms. The molecule has 0 bridgehead atoms. The summed E-state index contributed by atoms with van der Waals surface area (Å²) in [5, 5.41) is 3.02. The molecule has 4 N–H and O–H groups in total. The summed E-state index contributed by atoms with van der Waals surface area (Å²) >= 11 is 0. The summed E-state index contributed by atoms with van der Waals surface area (Å²) in [5.41, 5.74) is 2.45. The van der Waals surface area contributed by atoms with Gasteiger partial charge in [0.2, 0.25) is 11.9 Å². The molecule has 1 saturated heterocycles. The number of hydrogen-bond donors (Lipinski definition) is 3. The summed E-state index contributed by atoms with van der Waals surface area (Å²) in [4.78, 5) is 17.6. The second-order valence-electron chi connectivity index (χ2n) is 4.20. The van der Waals surface area contributed by atoms with Crippen molar-refractivity contribution in [1.29, 1.82) is 0 Å². The molecular weight excluding hydrogens is 206 g/mol. The topological polar surface area (TPSA) is 82.8 Å². The maximum atomic E-state index is 11.7. The number of amides is 1. The third kappa shape index (κ3) is 4.06. The van der Waals surface area contributed by atoms with Crippen LogP contribution in [0.1, 0.15) is 26.7 Å². The largest absolute Gasteiger partial charge is 0.353 e. The molecule has 6 nitrogen and oxygen atoms in total. The quantitative estimate of drug-likeness (QED) is 0.261. The first-order valence-corrected chi connectivity index (χ1v) is 5.69. The number of guanidine groups is 1. The fraction of sp³-hybridized carbons (Fsp3) is 0.800. The van der Waals surface area contributed by atoms with Crippen LogP contribution in [0.25, 0.3) is 0 Å². The Balaban J connectivity index is 2.39. The number of hydrazine groups is 1. The van der Waals surface area contributed by atoms with Crippen molar-refractivity contribution in [1.82, 2.24) is 15.6 Å². The standard InChI is InChI=1S/C10H21N5O/c1-8(2)13-10(14-11)12-7-9(16)15-5-3-4-6-15/h8H,3-7,11H2,1-2H3,(H2,12,13,14). The molecule has 0 radical (unpaired) electrons. The average Bonchev–Trinajstić information content (AvgIpc) is 2.76. The van der Waals surface area contributed by atoms with Gasteiger partial charge in [-0.2, -0.15) is 0 Å². The van der Waals surface area contributed by atoms with Crippen molar-refractivity contribution in [3.63, 3.8) is 0 Å². The Hall–Kier alpha value is -1.30. The summed E-state index contributed by atoms with van der Waals surface area (Å²) in [7, 11) is 0. The van der Waals surface area contributed by atoms with Gasteiger partial charge < -0.3 is 10.2 Å².